The second-order valence-electron chi connectivity index (χ2n) is 9.34. The van der Waals surface area contributed by atoms with Gasteiger partial charge in [-0.15, -0.1) is 0 Å². The molecule has 188 valence electrons. The van der Waals surface area contributed by atoms with Crippen molar-refractivity contribution in [3.63, 3.8) is 0 Å². The van der Waals surface area contributed by atoms with Crippen molar-refractivity contribution in [1.29, 1.82) is 0 Å². The summed E-state index contributed by atoms with van der Waals surface area (Å²) in [6.07, 6.45) is 1.14. The standard InChI is InChI=1S/C25H28ClF3N4O2/c1-13(16-3-2-4-17(22(16)27)23(28)29)31-24-18-11-14(12-19(18)32-25(26)33-24)5-7-20(34)15-6-8-21(35)30-10-9-15/h2-4,13-15,23H,5-12H2,1H3,(H,30,35)(H,31,32,33)/t13-,14?,15?/m1/s1. The van der Waals surface area contributed by atoms with E-state index in [9.17, 15) is 22.8 Å². The number of aromatic nitrogens is 2. The van der Waals surface area contributed by atoms with Crippen LogP contribution in [0.4, 0.5) is 19.0 Å². The van der Waals surface area contributed by atoms with E-state index in [1.54, 1.807) is 6.92 Å². The van der Waals surface area contributed by atoms with Crippen molar-refractivity contribution in [3.05, 3.63) is 51.7 Å². The van der Waals surface area contributed by atoms with Gasteiger partial charge in [0, 0.05) is 36.4 Å². The average Bonchev–Trinajstić information content (AvgIpc) is 3.09. The van der Waals surface area contributed by atoms with Crippen LogP contribution in [0.5, 0.6) is 0 Å². The zero-order valence-corrected chi connectivity index (χ0v) is 20.2. The molecule has 0 saturated carbocycles. The molecule has 0 spiro atoms. The summed E-state index contributed by atoms with van der Waals surface area (Å²) in [6, 6.07) is 3.32. The smallest absolute Gasteiger partial charge is 0.266 e. The lowest BCUT2D eigenvalue weighted by Crippen LogP contribution is -2.22. The molecule has 1 aliphatic carbocycles. The Morgan fingerprint density at radius 2 is 2.00 bits per heavy atom. The molecule has 1 aliphatic heterocycles. The Balaban J connectivity index is 1.42. The number of Topliss-reactive ketones (excluding diaryl/α,β-unsaturated/α-hetero) is 1. The number of benzene rings is 1. The highest BCUT2D eigenvalue weighted by Crippen LogP contribution is 2.36. The first-order valence-corrected chi connectivity index (χ1v) is 12.3. The molecule has 2 heterocycles. The first-order valence-electron chi connectivity index (χ1n) is 11.9. The van der Waals surface area contributed by atoms with Gasteiger partial charge in [-0.3, -0.25) is 9.59 Å². The van der Waals surface area contributed by atoms with Gasteiger partial charge in [-0.2, -0.15) is 0 Å². The van der Waals surface area contributed by atoms with Gasteiger partial charge in [0.1, 0.15) is 17.4 Å². The van der Waals surface area contributed by atoms with Crippen LogP contribution >= 0.6 is 11.6 Å². The summed E-state index contributed by atoms with van der Waals surface area (Å²) in [5.41, 5.74) is 1.11. The topological polar surface area (TPSA) is 84.0 Å². The van der Waals surface area contributed by atoms with Crippen molar-refractivity contribution in [3.8, 4) is 0 Å². The van der Waals surface area contributed by atoms with Crippen LogP contribution < -0.4 is 10.6 Å². The summed E-state index contributed by atoms with van der Waals surface area (Å²) in [5, 5.41) is 5.98. The summed E-state index contributed by atoms with van der Waals surface area (Å²) in [5.74, 6) is -0.214. The van der Waals surface area contributed by atoms with E-state index >= 15 is 0 Å². The minimum Gasteiger partial charge on any atom is -0.363 e. The first kappa shape index (κ1) is 25.4. The van der Waals surface area contributed by atoms with Gasteiger partial charge >= 0.3 is 0 Å². The number of halogens is 4. The molecule has 0 bridgehead atoms. The van der Waals surface area contributed by atoms with E-state index in [0.29, 0.717) is 57.3 Å². The van der Waals surface area contributed by atoms with E-state index in [-0.39, 0.29) is 34.4 Å². The third kappa shape index (κ3) is 5.94. The van der Waals surface area contributed by atoms with Gasteiger partial charge in [0.25, 0.3) is 6.43 Å². The molecule has 3 atom stereocenters. The fourth-order valence-electron chi connectivity index (χ4n) is 4.99. The Morgan fingerprint density at radius 1 is 1.23 bits per heavy atom. The van der Waals surface area contributed by atoms with Gasteiger partial charge in [-0.1, -0.05) is 18.2 Å². The molecule has 6 nitrogen and oxygen atoms in total. The van der Waals surface area contributed by atoms with E-state index < -0.39 is 23.8 Å². The van der Waals surface area contributed by atoms with E-state index in [1.165, 1.54) is 12.1 Å². The maximum absolute atomic E-state index is 14.6. The van der Waals surface area contributed by atoms with Crippen LogP contribution in [-0.2, 0) is 22.4 Å². The molecule has 1 aromatic carbocycles. The summed E-state index contributed by atoms with van der Waals surface area (Å²) in [4.78, 5) is 32.9. The lowest BCUT2D eigenvalue weighted by atomic mass is 9.90. The van der Waals surface area contributed by atoms with Crippen molar-refractivity contribution in [1.82, 2.24) is 15.3 Å². The maximum Gasteiger partial charge on any atom is 0.266 e. The van der Waals surface area contributed by atoms with Crippen molar-refractivity contribution in [2.75, 3.05) is 11.9 Å². The van der Waals surface area contributed by atoms with E-state index in [0.717, 1.165) is 17.3 Å². The fourth-order valence-corrected chi connectivity index (χ4v) is 5.18. The Bertz CT molecular complexity index is 1110. The molecule has 1 fully saturated rings. The van der Waals surface area contributed by atoms with E-state index in [1.807, 2.05) is 0 Å². The van der Waals surface area contributed by atoms with Crippen LogP contribution in [0.3, 0.4) is 0 Å². The second-order valence-corrected chi connectivity index (χ2v) is 9.68. The van der Waals surface area contributed by atoms with Crippen molar-refractivity contribution in [2.24, 2.45) is 11.8 Å². The van der Waals surface area contributed by atoms with Gasteiger partial charge in [0.2, 0.25) is 11.2 Å². The Kier molecular flexibility index (Phi) is 7.94. The number of amides is 1. The van der Waals surface area contributed by atoms with Crippen LogP contribution in [0.2, 0.25) is 5.28 Å². The maximum atomic E-state index is 14.6. The number of nitrogens with one attached hydrogen (secondary N) is 2. The Hall–Kier alpha value is -2.68. The Labute approximate surface area is 207 Å². The first-order chi connectivity index (χ1) is 16.7. The molecule has 4 rings (SSSR count). The number of carbonyl (C=O) groups is 2. The lowest BCUT2D eigenvalue weighted by Gasteiger charge is -2.19. The molecule has 1 saturated heterocycles. The molecule has 10 heteroatoms. The summed E-state index contributed by atoms with van der Waals surface area (Å²) < 4.78 is 40.9. The highest BCUT2D eigenvalue weighted by Gasteiger charge is 2.30. The highest BCUT2D eigenvalue weighted by atomic mass is 35.5. The highest BCUT2D eigenvalue weighted by molar-refractivity contribution is 6.28. The van der Waals surface area contributed by atoms with Crippen LogP contribution in [0, 0.1) is 17.7 Å². The fraction of sp³-hybridized carbons (Fsp3) is 0.520. The largest absolute Gasteiger partial charge is 0.363 e. The number of carbonyl (C=O) groups excluding carboxylic acids is 2. The van der Waals surface area contributed by atoms with Crippen LogP contribution in [0.25, 0.3) is 0 Å². The predicted octanol–water partition coefficient (Wildman–Crippen LogP) is 5.36. The van der Waals surface area contributed by atoms with Gasteiger partial charge < -0.3 is 10.6 Å². The number of ketones is 1. The minimum atomic E-state index is -2.90. The molecule has 2 aromatic rings. The van der Waals surface area contributed by atoms with Gasteiger partial charge in [-0.25, -0.2) is 23.1 Å². The third-order valence-electron chi connectivity index (χ3n) is 6.94. The van der Waals surface area contributed by atoms with Crippen molar-refractivity contribution in [2.45, 2.75) is 64.3 Å². The van der Waals surface area contributed by atoms with E-state index in [2.05, 4.69) is 20.6 Å². The predicted molar refractivity (Wildman–Crippen MR) is 126 cm³/mol. The van der Waals surface area contributed by atoms with E-state index in [4.69, 9.17) is 11.6 Å². The van der Waals surface area contributed by atoms with Crippen LogP contribution in [0.1, 0.15) is 73.9 Å². The average molecular weight is 509 g/mol. The molecule has 1 aromatic heterocycles. The molecule has 2 unspecified atom stereocenters. The number of alkyl halides is 2. The molecule has 2 aliphatic rings. The Morgan fingerprint density at radius 3 is 2.77 bits per heavy atom. The minimum absolute atomic E-state index is 0.00272. The zero-order chi connectivity index (χ0) is 25.1. The summed E-state index contributed by atoms with van der Waals surface area (Å²) in [7, 11) is 0. The second kappa shape index (κ2) is 10.9. The van der Waals surface area contributed by atoms with Crippen LogP contribution in [0.15, 0.2) is 18.2 Å². The van der Waals surface area contributed by atoms with Crippen molar-refractivity contribution < 1.29 is 22.8 Å². The summed E-state index contributed by atoms with van der Waals surface area (Å²) in [6.45, 7) is 2.21. The molecule has 35 heavy (non-hydrogen) atoms. The normalized spacial score (nSPS) is 20.8. The lowest BCUT2D eigenvalue weighted by molar-refractivity contribution is -0.123. The molecular weight excluding hydrogens is 481 g/mol. The third-order valence-corrected chi connectivity index (χ3v) is 7.11. The molecule has 2 N–H and O–H groups in total. The molecule has 1 amide bonds. The molecule has 0 radical (unpaired) electrons. The molecular formula is C25H28ClF3N4O2. The zero-order valence-electron chi connectivity index (χ0n) is 19.4. The van der Waals surface area contributed by atoms with Crippen molar-refractivity contribution >= 4 is 29.1 Å². The number of hydrogen-bond donors (Lipinski definition) is 2. The number of rotatable bonds is 8. The van der Waals surface area contributed by atoms with Crippen LogP contribution in [-0.4, -0.2) is 28.2 Å². The van der Waals surface area contributed by atoms with Gasteiger partial charge in [0.05, 0.1) is 17.3 Å². The number of anilines is 1. The number of nitrogens with zero attached hydrogens (tertiary/aromatic N) is 2. The quantitative estimate of drug-likeness (QED) is 0.469. The summed E-state index contributed by atoms with van der Waals surface area (Å²) >= 11 is 6.14. The van der Waals surface area contributed by atoms with Gasteiger partial charge in [0.15, 0.2) is 0 Å². The van der Waals surface area contributed by atoms with Gasteiger partial charge in [-0.05, 0) is 56.5 Å². The number of hydrogen-bond acceptors (Lipinski definition) is 5. The SMILES string of the molecule is C[C@@H](Nc1nc(Cl)nc2c1CC(CCC(=O)C1CCNC(=O)CC1)C2)c1cccc(C(F)F)c1F. The number of fused-ring (bicyclic) bond motifs is 1. The monoisotopic (exact) mass is 508 g/mol.